The first-order valence-electron chi connectivity index (χ1n) is 8.12. The van der Waals surface area contributed by atoms with Crippen LogP contribution in [0.15, 0.2) is 6.20 Å². The molecule has 0 aromatic carbocycles. The zero-order chi connectivity index (χ0) is 14.4. The largest absolute Gasteiger partial charge is 0.345 e. The van der Waals surface area contributed by atoms with E-state index in [0.717, 1.165) is 25.7 Å². The molecule has 1 aliphatic rings. The van der Waals surface area contributed by atoms with E-state index in [0.29, 0.717) is 5.92 Å². The molecule has 1 aliphatic carbocycles. The minimum Gasteiger partial charge on any atom is -0.345 e. The van der Waals surface area contributed by atoms with Crippen molar-refractivity contribution in [2.24, 2.45) is 5.92 Å². The zero-order valence-corrected chi connectivity index (χ0v) is 14.0. The van der Waals surface area contributed by atoms with Crippen molar-refractivity contribution in [3.8, 4) is 0 Å². The SMILES string of the molecule is CCCNCc1cnc(N(CC(C)C)C2CCCC2)s1. The van der Waals surface area contributed by atoms with E-state index in [1.54, 1.807) is 0 Å². The number of hydrogen-bond donors (Lipinski definition) is 1. The van der Waals surface area contributed by atoms with Crippen LogP contribution in [0.5, 0.6) is 0 Å². The Labute approximate surface area is 127 Å². The Morgan fingerprint density at radius 2 is 2.15 bits per heavy atom. The molecule has 1 aromatic heterocycles. The molecule has 2 rings (SSSR count). The van der Waals surface area contributed by atoms with Crippen molar-refractivity contribution in [2.75, 3.05) is 18.0 Å². The maximum Gasteiger partial charge on any atom is 0.185 e. The second-order valence-corrected chi connectivity index (χ2v) is 7.36. The molecule has 0 saturated heterocycles. The fraction of sp³-hybridized carbons (Fsp3) is 0.812. The van der Waals surface area contributed by atoms with Crippen molar-refractivity contribution in [3.05, 3.63) is 11.1 Å². The molecule has 1 saturated carbocycles. The second kappa shape index (κ2) is 7.99. The third-order valence-corrected chi connectivity index (χ3v) is 4.87. The fourth-order valence-corrected chi connectivity index (χ4v) is 3.85. The molecular formula is C16H29N3S. The van der Waals surface area contributed by atoms with Crippen LogP contribution in [0.3, 0.4) is 0 Å². The molecule has 0 atom stereocenters. The average Bonchev–Trinajstić information content (AvgIpc) is 3.08. The summed E-state index contributed by atoms with van der Waals surface area (Å²) >= 11 is 1.87. The molecule has 0 amide bonds. The topological polar surface area (TPSA) is 28.2 Å². The lowest BCUT2D eigenvalue weighted by Gasteiger charge is -2.30. The lowest BCUT2D eigenvalue weighted by Crippen LogP contribution is -2.36. The lowest BCUT2D eigenvalue weighted by molar-refractivity contribution is 0.535. The lowest BCUT2D eigenvalue weighted by atomic mass is 10.1. The second-order valence-electron chi connectivity index (χ2n) is 6.27. The Balaban J connectivity index is 2.00. The Morgan fingerprint density at radius 3 is 2.80 bits per heavy atom. The van der Waals surface area contributed by atoms with Crippen molar-refractivity contribution >= 4 is 16.5 Å². The van der Waals surface area contributed by atoms with Gasteiger partial charge in [0.2, 0.25) is 0 Å². The molecule has 0 unspecified atom stereocenters. The van der Waals surface area contributed by atoms with E-state index >= 15 is 0 Å². The van der Waals surface area contributed by atoms with Crippen LogP contribution in [0.4, 0.5) is 5.13 Å². The van der Waals surface area contributed by atoms with Gasteiger partial charge in [0, 0.05) is 30.2 Å². The molecule has 3 nitrogen and oxygen atoms in total. The van der Waals surface area contributed by atoms with Gasteiger partial charge in [0.15, 0.2) is 5.13 Å². The molecule has 0 aliphatic heterocycles. The summed E-state index contributed by atoms with van der Waals surface area (Å²) in [7, 11) is 0. The quantitative estimate of drug-likeness (QED) is 0.733. The molecular weight excluding hydrogens is 266 g/mol. The first-order chi connectivity index (χ1) is 9.70. The third kappa shape index (κ3) is 4.45. The van der Waals surface area contributed by atoms with E-state index in [1.165, 1.54) is 42.1 Å². The summed E-state index contributed by atoms with van der Waals surface area (Å²) in [6.45, 7) is 10.0. The molecule has 4 heteroatoms. The van der Waals surface area contributed by atoms with Gasteiger partial charge in [-0.05, 0) is 31.7 Å². The predicted octanol–water partition coefficient (Wildman–Crippen LogP) is 4.05. The highest BCUT2D eigenvalue weighted by Crippen LogP contribution is 2.31. The maximum atomic E-state index is 4.70. The fourth-order valence-electron chi connectivity index (χ4n) is 2.89. The van der Waals surface area contributed by atoms with Crippen LogP contribution >= 0.6 is 11.3 Å². The first-order valence-corrected chi connectivity index (χ1v) is 8.94. The van der Waals surface area contributed by atoms with Gasteiger partial charge in [0.1, 0.15) is 0 Å². The van der Waals surface area contributed by atoms with Gasteiger partial charge in [-0.3, -0.25) is 0 Å². The molecule has 1 aromatic rings. The zero-order valence-electron chi connectivity index (χ0n) is 13.2. The van der Waals surface area contributed by atoms with Gasteiger partial charge >= 0.3 is 0 Å². The summed E-state index contributed by atoms with van der Waals surface area (Å²) in [5.74, 6) is 0.696. The van der Waals surface area contributed by atoms with Gasteiger partial charge in [-0.1, -0.05) is 33.6 Å². The van der Waals surface area contributed by atoms with Gasteiger partial charge in [0.25, 0.3) is 0 Å². The number of nitrogens with one attached hydrogen (secondary N) is 1. The monoisotopic (exact) mass is 295 g/mol. The molecule has 1 fully saturated rings. The van der Waals surface area contributed by atoms with Gasteiger partial charge in [-0.2, -0.15) is 0 Å². The summed E-state index contributed by atoms with van der Waals surface area (Å²) in [5.41, 5.74) is 0. The van der Waals surface area contributed by atoms with E-state index < -0.39 is 0 Å². The van der Waals surface area contributed by atoms with Crippen LogP contribution in [0, 0.1) is 5.92 Å². The van der Waals surface area contributed by atoms with Crippen molar-refractivity contribution in [3.63, 3.8) is 0 Å². The number of thiazole rings is 1. The van der Waals surface area contributed by atoms with Crippen molar-refractivity contribution in [1.82, 2.24) is 10.3 Å². The smallest absolute Gasteiger partial charge is 0.185 e. The molecule has 0 spiro atoms. The van der Waals surface area contributed by atoms with Gasteiger partial charge in [0.05, 0.1) is 0 Å². The molecule has 0 bridgehead atoms. The Hall–Kier alpha value is -0.610. The Bertz CT molecular complexity index is 383. The summed E-state index contributed by atoms with van der Waals surface area (Å²) in [6.07, 6.45) is 8.70. The van der Waals surface area contributed by atoms with Gasteiger partial charge in [-0.15, -0.1) is 11.3 Å². The van der Waals surface area contributed by atoms with E-state index in [2.05, 4.69) is 37.2 Å². The Morgan fingerprint density at radius 1 is 1.40 bits per heavy atom. The summed E-state index contributed by atoms with van der Waals surface area (Å²) in [6, 6.07) is 0.722. The number of nitrogens with zero attached hydrogens (tertiary/aromatic N) is 2. The maximum absolute atomic E-state index is 4.70. The highest BCUT2D eigenvalue weighted by atomic mass is 32.1. The van der Waals surface area contributed by atoms with E-state index in [9.17, 15) is 0 Å². The number of aromatic nitrogens is 1. The molecule has 1 N–H and O–H groups in total. The third-order valence-electron chi connectivity index (χ3n) is 3.84. The predicted molar refractivity (Wildman–Crippen MR) is 88.6 cm³/mol. The minimum atomic E-state index is 0.696. The minimum absolute atomic E-state index is 0.696. The van der Waals surface area contributed by atoms with Crippen LogP contribution in [-0.4, -0.2) is 24.1 Å². The number of rotatable bonds is 8. The highest BCUT2D eigenvalue weighted by Gasteiger charge is 2.25. The number of hydrogen-bond acceptors (Lipinski definition) is 4. The van der Waals surface area contributed by atoms with Crippen LogP contribution in [0.1, 0.15) is 57.8 Å². The van der Waals surface area contributed by atoms with Gasteiger partial charge in [-0.25, -0.2) is 4.98 Å². The molecule has 0 radical (unpaired) electrons. The van der Waals surface area contributed by atoms with Crippen molar-refractivity contribution in [2.45, 2.75) is 65.5 Å². The van der Waals surface area contributed by atoms with E-state index in [4.69, 9.17) is 4.98 Å². The highest BCUT2D eigenvalue weighted by molar-refractivity contribution is 7.15. The Kier molecular flexibility index (Phi) is 6.30. The molecule has 114 valence electrons. The van der Waals surface area contributed by atoms with Crippen LogP contribution < -0.4 is 10.2 Å². The standard InChI is InChI=1S/C16H29N3S/c1-4-9-17-10-15-11-18-16(20-15)19(12-13(2)3)14-7-5-6-8-14/h11,13-14,17H,4-10,12H2,1-3H3. The van der Waals surface area contributed by atoms with Crippen molar-refractivity contribution < 1.29 is 0 Å². The molecule has 20 heavy (non-hydrogen) atoms. The number of anilines is 1. The van der Waals surface area contributed by atoms with Gasteiger partial charge < -0.3 is 10.2 Å². The first kappa shape index (κ1) is 15.8. The molecule has 1 heterocycles. The van der Waals surface area contributed by atoms with Crippen LogP contribution in [-0.2, 0) is 6.54 Å². The van der Waals surface area contributed by atoms with Crippen molar-refractivity contribution in [1.29, 1.82) is 0 Å². The normalized spacial score (nSPS) is 16.2. The van der Waals surface area contributed by atoms with E-state index in [1.807, 2.05) is 11.3 Å². The van der Waals surface area contributed by atoms with Crippen LogP contribution in [0.2, 0.25) is 0 Å². The summed E-state index contributed by atoms with van der Waals surface area (Å²) < 4.78 is 0. The summed E-state index contributed by atoms with van der Waals surface area (Å²) in [4.78, 5) is 8.63. The summed E-state index contributed by atoms with van der Waals surface area (Å²) in [5, 5.41) is 4.70. The van der Waals surface area contributed by atoms with E-state index in [-0.39, 0.29) is 0 Å². The average molecular weight is 295 g/mol. The van der Waals surface area contributed by atoms with Crippen LogP contribution in [0.25, 0.3) is 0 Å².